The third kappa shape index (κ3) is 4.46. The molecule has 1 fully saturated rings. The second-order valence-corrected chi connectivity index (χ2v) is 6.89. The lowest BCUT2D eigenvalue weighted by Gasteiger charge is -2.35. The van der Waals surface area contributed by atoms with Crippen LogP contribution in [0.3, 0.4) is 0 Å². The Morgan fingerprint density at radius 1 is 1.12 bits per heavy atom. The zero-order valence-electron chi connectivity index (χ0n) is 16.5. The van der Waals surface area contributed by atoms with Crippen LogP contribution in [0.1, 0.15) is 11.5 Å². The first kappa shape index (κ1) is 21.1. The van der Waals surface area contributed by atoms with E-state index in [1.165, 1.54) is 6.20 Å². The summed E-state index contributed by atoms with van der Waals surface area (Å²) in [5.74, 6) is -0.998. The Bertz CT molecular complexity index is 1150. The summed E-state index contributed by atoms with van der Waals surface area (Å²) in [7, 11) is 0. The smallest absolute Gasteiger partial charge is 0.353 e. The molecule has 1 aliphatic heterocycles. The summed E-state index contributed by atoms with van der Waals surface area (Å²) in [5, 5.41) is 15.2. The van der Waals surface area contributed by atoms with Crippen molar-refractivity contribution in [1.82, 2.24) is 20.0 Å². The third-order valence-electron chi connectivity index (χ3n) is 4.85. The topological polar surface area (TPSA) is 111 Å². The van der Waals surface area contributed by atoms with Gasteiger partial charge in [-0.2, -0.15) is 23.4 Å². The van der Waals surface area contributed by atoms with Gasteiger partial charge in [0.15, 0.2) is 0 Å². The molecular formula is C20H16F3N7O2. The van der Waals surface area contributed by atoms with Gasteiger partial charge >= 0.3 is 18.1 Å². The molecule has 0 aliphatic carbocycles. The lowest BCUT2D eigenvalue weighted by molar-refractivity contribution is -0.159. The number of nitriles is 1. The van der Waals surface area contributed by atoms with Crippen molar-refractivity contribution < 1.29 is 22.5 Å². The number of rotatable bonds is 3. The van der Waals surface area contributed by atoms with E-state index in [9.17, 15) is 18.0 Å². The average Bonchev–Trinajstić information content (AvgIpc) is 3.31. The predicted octanol–water partition coefficient (Wildman–Crippen LogP) is 3.38. The molecule has 3 heterocycles. The van der Waals surface area contributed by atoms with E-state index in [-0.39, 0.29) is 11.9 Å². The fourth-order valence-electron chi connectivity index (χ4n) is 3.18. The number of aromatic nitrogens is 3. The maximum atomic E-state index is 12.6. The number of carbonyl (C=O) groups excluding carboxylic acids is 1. The molecule has 164 valence electrons. The molecule has 9 nitrogen and oxygen atoms in total. The van der Waals surface area contributed by atoms with Crippen LogP contribution in [-0.2, 0) is 6.18 Å². The van der Waals surface area contributed by atoms with Crippen molar-refractivity contribution in [3.05, 3.63) is 54.0 Å². The molecule has 0 saturated carbocycles. The summed E-state index contributed by atoms with van der Waals surface area (Å²) < 4.78 is 42.1. The summed E-state index contributed by atoms with van der Waals surface area (Å²) in [4.78, 5) is 23.7. The van der Waals surface area contributed by atoms with Gasteiger partial charge in [-0.05, 0) is 24.3 Å². The van der Waals surface area contributed by atoms with Crippen LogP contribution in [0.25, 0.3) is 11.4 Å². The molecule has 0 unspecified atom stereocenters. The molecule has 4 rings (SSSR count). The van der Waals surface area contributed by atoms with E-state index in [0.29, 0.717) is 48.8 Å². The van der Waals surface area contributed by atoms with E-state index in [1.807, 2.05) is 11.0 Å². The lowest BCUT2D eigenvalue weighted by Crippen LogP contribution is -2.50. The number of para-hydroxylation sites is 1. The minimum atomic E-state index is -4.71. The summed E-state index contributed by atoms with van der Waals surface area (Å²) in [5.41, 5.74) is 1.13. The van der Waals surface area contributed by atoms with Gasteiger partial charge in [0.05, 0.1) is 11.3 Å². The minimum absolute atomic E-state index is 0.199. The molecule has 1 aliphatic rings. The molecule has 3 aromatic rings. The number of pyridine rings is 1. The quantitative estimate of drug-likeness (QED) is 0.661. The standard InChI is InChI=1S/C20H16F3N7O2/c21-20(22,23)18-27-17(28-32-18)14-5-6-16(25-12-14)29-7-9-30(10-8-29)19(31)26-15-4-2-1-3-13(15)11-24/h1-6,12H,7-10H2,(H,26,31). The van der Waals surface area contributed by atoms with Crippen molar-refractivity contribution >= 4 is 17.5 Å². The van der Waals surface area contributed by atoms with Crippen molar-refractivity contribution in [3.63, 3.8) is 0 Å². The van der Waals surface area contributed by atoms with Gasteiger partial charge in [0, 0.05) is 37.9 Å². The van der Waals surface area contributed by atoms with Crippen molar-refractivity contribution in [2.75, 3.05) is 36.4 Å². The fourth-order valence-corrected chi connectivity index (χ4v) is 3.18. The first-order valence-electron chi connectivity index (χ1n) is 9.52. The molecule has 0 spiro atoms. The van der Waals surface area contributed by atoms with Crippen LogP contribution in [0.2, 0.25) is 0 Å². The van der Waals surface area contributed by atoms with E-state index >= 15 is 0 Å². The number of alkyl halides is 3. The van der Waals surface area contributed by atoms with Crippen molar-refractivity contribution in [3.8, 4) is 17.5 Å². The minimum Gasteiger partial charge on any atom is -0.353 e. The number of nitrogens with one attached hydrogen (secondary N) is 1. The second-order valence-electron chi connectivity index (χ2n) is 6.89. The fraction of sp³-hybridized carbons (Fsp3) is 0.250. The first-order chi connectivity index (χ1) is 15.3. The average molecular weight is 443 g/mol. The number of piperazine rings is 1. The van der Waals surface area contributed by atoms with Gasteiger partial charge in [0.2, 0.25) is 5.82 Å². The van der Waals surface area contributed by atoms with Gasteiger partial charge in [0.25, 0.3) is 0 Å². The van der Waals surface area contributed by atoms with E-state index in [2.05, 4.69) is 25.0 Å². The maximum absolute atomic E-state index is 12.6. The van der Waals surface area contributed by atoms with Crippen LogP contribution in [0, 0.1) is 11.3 Å². The van der Waals surface area contributed by atoms with Crippen LogP contribution in [0.5, 0.6) is 0 Å². The summed E-state index contributed by atoms with van der Waals surface area (Å²) >= 11 is 0. The van der Waals surface area contributed by atoms with Gasteiger partial charge in [-0.3, -0.25) is 0 Å². The predicted molar refractivity (Wildman–Crippen MR) is 106 cm³/mol. The maximum Gasteiger partial charge on any atom is 0.471 e. The Hall–Kier alpha value is -4.14. The van der Waals surface area contributed by atoms with E-state index in [4.69, 9.17) is 5.26 Å². The Morgan fingerprint density at radius 3 is 2.50 bits per heavy atom. The number of nitrogens with zero attached hydrogens (tertiary/aromatic N) is 6. The molecule has 0 atom stereocenters. The number of hydrogen-bond acceptors (Lipinski definition) is 7. The number of benzene rings is 1. The highest BCUT2D eigenvalue weighted by molar-refractivity contribution is 5.91. The number of urea groups is 1. The number of anilines is 2. The molecule has 12 heteroatoms. The first-order valence-corrected chi connectivity index (χ1v) is 9.52. The zero-order chi connectivity index (χ0) is 22.7. The number of hydrogen-bond donors (Lipinski definition) is 1. The van der Waals surface area contributed by atoms with Crippen molar-refractivity contribution in [2.24, 2.45) is 0 Å². The van der Waals surface area contributed by atoms with Gasteiger partial charge in [-0.1, -0.05) is 17.3 Å². The molecule has 1 aromatic carbocycles. The normalized spacial score (nSPS) is 14.2. The van der Waals surface area contributed by atoms with Crippen molar-refractivity contribution in [2.45, 2.75) is 6.18 Å². The Labute approximate surface area is 180 Å². The third-order valence-corrected chi connectivity index (χ3v) is 4.85. The monoisotopic (exact) mass is 443 g/mol. The van der Waals surface area contributed by atoms with Gasteiger partial charge < -0.3 is 19.6 Å². The molecule has 32 heavy (non-hydrogen) atoms. The van der Waals surface area contributed by atoms with E-state index in [0.717, 1.165) is 0 Å². The van der Waals surface area contributed by atoms with E-state index < -0.39 is 12.1 Å². The Kier molecular flexibility index (Phi) is 5.63. The lowest BCUT2D eigenvalue weighted by atomic mass is 10.2. The number of halogens is 3. The van der Waals surface area contributed by atoms with Crippen LogP contribution in [0.4, 0.5) is 29.5 Å². The molecule has 1 N–H and O–H groups in total. The summed E-state index contributed by atoms with van der Waals surface area (Å²) in [6, 6.07) is 11.7. The number of amides is 2. The summed E-state index contributed by atoms with van der Waals surface area (Å²) in [6.07, 6.45) is -3.33. The largest absolute Gasteiger partial charge is 0.471 e. The van der Waals surface area contributed by atoms with Crippen LogP contribution in [-0.4, -0.2) is 52.2 Å². The zero-order valence-corrected chi connectivity index (χ0v) is 16.5. The van der Waals surface area contributed by atoms with Gasteiger partial charge in [0.1, 0.15) is 11.9 Å². The highest BCUT2D eigenvalue weighted by atomic mass is 19.4. The molecule has 2 aromatic heterocycles. The summed E-state index contributed by atoms with van der Waals surface area (Å²) in [6.45, 7) is 1.90. The molecule has 0 radical (unpaired) electrons. The molecule has 0 bridgehead atoms. The van der Waals surface area contributed by atoms with Gasteiger partial charge in [-0.15, -0.1) is 0 Å². The highest BCUT2D eigenvalue weighted by Crippen LogP contribution is 2.29. The van der Waals surface area contributed by atoms with Crippen molar-refractivity contribution in [1.29, 1.82) is 5.26 Å². The molecule has 1 saturated heterocycles. The SMILES string of the molecule is N#Cc1ccccc1NC(=O)N1CCN(c2ccc(-c3noc(C(F)(F)F)n3)cn2)CC1. The highest BCUT2D eigenvalue weighted by Gasteiger charge is 2.38. The second kappa shape index (κ2) is 8.54. The van der Waals surface area contributed by atoms with Gasteiger partial charge in [-0.25, -0.2) is 9.78 Å². The van der Waals surface area contributed by atoms with Crippen LogP contribution in [0.15, 0.2) is 47.1 Å². The molecule has 2 amide bonds. The Balaban J connectivity index is 1.35. The Morgan fingerprint density at radius 2 is 1.88 bits per heavy atom. The number of carbonyl (C=O) groups is 1. The molecular weight excluding hydrogens is 427 g/mol. The van der Waals surface area contributed by atoms with Crippen LogP contribution < -0.4 is 10.2 Å². The van der Waals surface area contributed by atoms with Crippen LogP contribution >= 0.6 is 0 Å². The van der Waals surface area contributed by atoms with E-state index in [1.54, 1.807) is 41.3 Å².